The first-order valence-electron chi connectivity index (χ1n) is 4.42. The fraction of sp³-hybridized carbons (Fsp3) is 0.444. The summed E-state index contributed by atoms with van der Waals surface area (Å²) >= 11 is 1.46. The predicted octanol–water partition coefficient (Wildman–Crippen LogP) is 0.583. The summed E-state index contributed by atoms with van der Waals surface area (Å²) in [6, 6.07) is -0.864. The lowest BCUT2D eigenvalue weighted by atomic mass is 10.3. The van der Waals surface area contributed by atoms with Gasteiger partial charge >= 0.3 is 5.97 Å². The molecule has 1 aromatic heterocycles. The van der Waals surface area contributed by atoms with Crippen LogP contribution >= 0.6 is 11.3 Å². The van der Waals surface area contributed by atoms with Gasteiger partial charge in [-0.15, -0.1) is 11.3 Å². The summed E-state index contributed by atoms with van der Waals surface area (Å²) in [4.78, 5) is 25.9. The Kier molecular flexibility index (Phi) is 3.79. The lowest BCUT2D eigenvalue weighted by molar-refractivity contribution is -0.141. The largest absolute Gasteiger partial charge is 0.480 e. The maximum atomic E-state index is 11.3. The van der Waals surface area contributed by atoms with Crippen molar-refractivity contribution < 1.29 is 14.7 Å². The summed E-state index contributed by atoms with van der Waals surface area (Å²) in [5.74, 6) is -1.37. The third-order valence-corrected chi connectivity index (χ3v) is 2.58. The molecule has 0 radical (unpaired) electrons. The molecule has 0 unspecified atom stereocenters. The molecule has 2 N–H and O–H groups in total. The number of hydrogen-bond acceptors (Lipinski definition) is 4. The Bertz CT molecular complexity index is 375. The summed E-state index contributed by atoms with van der Waals surface area (Å²) in [6.07, 6.45) is 0.127. The van der Waals surface area contributed by atoms with E-state index in [4.69, 9.17) is 5.11 Å². The van der Waals surface area contributed by atoms with E-state index in [-0.39, 0.29) is 12.3 Å². The van der Waals surface area contributed by atoms with Crippen molar-refractivity contribution in [3.05, 3.63) is 16.1 Å². The maximum Gasteiger partial charge on any atom is 0.325 e. The first kappa shape index (κ1) is 11.6. The van der Waals surface area contributed by atoms with Gasteiger partial charge in [-0.3, -0.25) is 9.59 Å². The van der Waals surface area contributed by atoms with Gasteiger partial charge in [-0.1, -0.05) is 0 Å². The van der Waals surface area contributed by atoms with Gasteiger partial charge in [0, 0.05) is 5.38 Å². The molecule has 6 heteroatoms. The summed E-state index contributed by atoms with van der Waals surface area (Å²) in [5, 5.41) is 13.6. The molecule has 15 heavy (non-hydrogen) atoms. The van der Waals surface area contributed by atoms with E-state index in [1.165, 1.54) is 18.3 Å². The van der Waals surface area contributed by atoms with Crippen LogP contribution in [0, 0.1) is 6.92 Å². The molecule has 1 amide bonds. The topological polar surface area (TPSA) is 79.3 Å². The standard InChI is InChI=1S/C9H12N2O3S/c1-5(9(13)14)10-8(12)3-7-4-15-6(2)11-7/h4-5H,3H2,1-2H3,(H,10,12)(H,13,14)/t5-/m1/s1. The van der Waals surface area contributed by atoms with Crippen molar-refractivity contribution in [1.82, 2.24) is 10.3 Å². The van der Waals surface area contributed by atoms with E-state index in [0.29, 0.717) is 5.69 Å². The van der Waals surface area contributed by atoms with E-state index in [1.807, 2.05) is 6.92 Å². The Labute approximate surface area is 91.1 Å². The normalized spacial score (nSPS) is 12.1. The Hall–Kier alpha value is -1.43. The lowest BCUT2D eigenvalue weighted by Crippen LogP contribution is -2.39. The van der Waals surface area contributed by atoms with Gasteiger partial charge in [-0.2, -0.15) is 0 Å². The van der Waals surface area contributed by atoms with Crippen molar-refractivity contribution in [2.24, 2.45) is 0 Å². The van der Waals surface area contributed by atoms with E-state index in [0.717, 1.165) is 5.01 Å². The van der Waals surface area contributed by atoms with Crippen LogP contribution in [0.1, 0.15) is 17.6 Å². The fourth-order valence-corrected chi connectivity index (χ4v) is 1.62. The van der Waals surface area contributed by atoms with E-state index in [2.05, 4.69) is 10.3 Å². The number of aryl methyl sites for hydroxylation is 1. The molecule has 0 fully saturated rings. The van der Waals surface area contributed by atoms with Gasteiger partial charge < -0.3 is 10.4 Å². The zero-order chi connectivity index (χ0) is 11.4. The number of nitrogens with one attached hydrogen (secondary N) is 1. The molecule has 1 atom stereocenters. The zero-order valence-corrected chi connectivity index (χ0v) is 9.30. The van der Waals surface area contributed by atoms with Gasteiger partial charge in [0.1, 0.15) is 6.04 Å². The van der Waals surface area contributed by atoms with E-state index >= 15 is 0 Å². The lowest BCUT2D eigenvalue weighted by Gasteiger charge is -2.07. The number of aromatic nitrogens is 1. The van der Waals surface area contributed by atoms with Crippen molar-refractivity contribution in [2.45, 2.75) is 26.3 Å². The Morgan fingerprint density at radius 1 is 1.67 bits per heavy atom. The number of carbonyl (C=O) groups is 2. The van der Waals surface area contributed by atoms with Gasteiger partial charge in [-0.25, -0.2) is 4.98 Å². The third kappa shape index (κ3) is 3.67. The molecule has 0 aliphatic heterocycles. The van der Waals surface area contributed by atoms with Crippen LogP contribution in [0.3, 0.4) is 0 Å². The second-order valence-electron chi connectivity index (χ2n) is 3.16. The second kappa shape index (κ2) is 4.88. The van der Waals surface area contributed by atoms with Crippen LogP contribution in [0.25, 0.3) is 0 Å². The van der Waals surface area contributed by atoms with E-state index < -0.39 is 12.0 Å². The van der Waals surface area contributed by atoms with E-state index in [1.54, 1.807) is 5.38 Å². The first-order valence-corrected chi connectivity index (χ1v) is 5.30. The quantitative estimate of drug-likeness (QED) is 0.790. The molecule has 0 aromatic carbocycles. The highest BCUT2D eigenvalue weighted by molar-refractivity contribution is 7.09. The second-order valence-corrected chi connectivity index (χ2v) is 4.22. The highest BCUT2D eigenvalue weighted by Crippen LogP contribution is 2.08. The monoisotopic (exact) mass is 228 g/mol. The van der Waals surface area contributed by atoms with Crippen LogP contribution in [-0.4, -0.2) is 28.0 Å². The maximum absolute atomic E-state index is 11.3. The molecule has 1 heterocycles. The van der Waals surface area contributed by atoms with Gasteiger partial charge in [-0.05, 0) is 13.8 Å². The molecule has 0 aliphatic rings. The van der Waals surface area contributed by atoms with Crippen LogP contribution in [0.2, 0.25) is 0 Å². The van der Waals surface area contributed by atoms with Crippen molar-refractivity contribution in [3.63, 3.8) is 0 Å². The van der Waals surface area contributed by atoms with Crippen molar-refractivity contribution in [1.29, 1.82) is 0 Å². The first-order chi connectivity index (χ1) is 6.99. The van der Waals surface area contributed by atoms with Crippen LogP contribution in [0.5, 0.6) is 0 Å². The zero-order valence-electron chi connectivity index (χ0n) is 8.48. The summed E-state index contributed by atoms with van der Waals surface area (Å²) in [6.45, 7) is 3.28. The van der Waals surface area contributed by atoms with Crippen LogP contribution < -0.4 is 5.32 Å². The minimum absolute atomic E-state index is 0.127. The summed E-state index contributed by atoms with van der Waals surface area (Å²) < 4.78 is 0. The van der Waals surface area contributed by atoms with Gasteiger partial charge in [0.05, 0.1) is 17.1 Å². The number of carbonyl (C=O) groups excluding carboxylic acids is 1. The number of amides is 1. The highest BCUT2D eigenvalue weighted by atomic mass is 32.1. The molecule has 5 nitrogen and oxygen atoms in total. The molecular formula is C9H12N2O3S. The molecule has 82 valence electrons. The SMILES string of the molecule is Cc1nc(CC(=O)N[C@H](C)C(=O)O)cs1. The average Bonchev–Trinajstić information content (AvgIpc) is 2.50. The molecule has 0 spiro atoms. The summed E-state index contributed by atoms with van der Waals surface area (Å²) in [5.41, 5.74) is 0.674. The van der Waals surface area contributed by atoms with Crippen molar-refractivity contribution in [2.75, 3.05) is 0 Å². The van der Waals surface area contributed by atoms with Crippen LogP contribution in [0.15, 0.2) is 5.38 Å². The number of aliphatic carboxylic acids is 1. The minimum atomic E-state index is -1.04. The number of hydrogen-bond donors (Lipinski definition) is 2. The Balaban J connectivity index is 2.46. The van der Waals surface area contributed by atoms with Crippen LogP contribution in [-0.2, 0) is 16.0 Å². The predicted molar refractivity (Wildman–Crippen MR) is 55.8 cm³/mol. The Morgan fingerprint density at radius 2 is 2.33 bits per heavy atom. The molecule has 1 rings (SSSR count). The molecule has 0 aliphatic carbocycles. The number of carboxylic acids is 1. The van der Waals surface area contributed by atoms with Gasteiger partial charge in [0.25, 0.3) is 0 Å². The number of thiazole rings is 1. The van der Waals surface area contributed by atoms with E-state index in [9.17, 15) is 9.59 Å². The molecular weight excluding hydrogens is 216 g/mol. The Morgan fingerprint density at radius 3 is 2.80 bits per heavy atom. The minimum Gasteiger partial charge on any atom is -0.480 e. The molecule has 0 bridgehead atoms. The summed E-state index contributed by atoms with van der Waals surface area (Å²) in [7, 11) is 0. The van der Waals surface area contributed by atoms with Crippen molar-refractivity contribution in [3.8, 4) is 0 Å². The fourth-order valence-electron chi connectivity index (χ4n) is 1.01. The van der Waals surface area contributed by atoms with Crippen LogP contribution in [0.4, 0.5) is 0 Å². The number of rotatable bonds is 4. The molecule has 0 saturated heterocycles. The third-order valence-electron chi connectivity index (χ3n) is 1.76. The molecule has 1 aromatic rings. The number of nitrogens with zero attached hydrogens (tertiary/aromatic N) is 1. The van der Waals surface area contributed by atoms with Gasteiger partial charge in [0.2, 0.25) is 5.91 Å². The average molecular weight is 228 g/mol. The number of carboxylic acid groups (broad SMARTS) is 1. The van der Waals surface area contributed by atoms with Gasteiger partial charge in [0.15, 0.2) is 0 Å². The highest BCUT2D eigenvalue weighted by Gasteiger charge is 2.14. The van der Waals surface area contributed by atoms with Crippen molar-refractivity contribution >= 4 is 23.2 Å². The molecule has 0 saturated carbocycles. The smallest absolute Gasteiger partial charge is 0.325 e.